The lowest BCUT2D eigenvalue weighted by Gasteiger charge is -2.09. The third-order valence-electron chi connectivity index (χ3n) is 3.07. The Balaban J connectivity index is 2.49. The van der Waals surface area contributed by atoms with Crippen molar-refractivity contribution in [2.45, 2.75) is 32.6 Å². The zero-order chi connectivity index (χ0) is 17.9. The highest BCUT2D eigenvalue weighted by atomic mass is 19.1. The monoisotopic (exact) mass is 335 g/mol. The van der Waals surface area contributed by atoms with Crippen molar-refractivity contribution in [1.82, 2.24) is 5.32 Å². The van der Waals surface area contributed by atoms with Gasteiger partial charge in [-0.2, -0.15) is 0 Å². The van der Waals surface area contributed by atoms with Crippen LogP contribution in [0.15, 0.2) is 30.9 Å². The van der Waals surface area contributed by atoms with E-state index < -0.39 is 11.7 Å². The van der Waals surface area contributed by atoms with Gasteiger partial charge in [0.05, 0.1) is 5.69 Å². The fourth-order valence-electron chi connectivity index (χ4n) is 1.87. The Morgan fingerprint density at radius 3 is 2.54 bits per heavy atom. The van der Waals surface area contributed by atoms with Crippen molar-refractivity contribution in [3.63, 3.8) is 0 Å². The Kier molecular flexibility index (Phi) is 8.18. The SMILES string of the molecule is C=CC(=O)Nc1cc(NC(=O)CCCC(=O)NCCC)ccc1F. The minimum Gasteiger partial charge on any atom is -0.356 e. The van der Waals surface area contributed by atoms with Crippen molar-refractivity contribution < 1.29 is 18.8 Å². The quantitative estimate of drug-likeness (QED) is 0.606. The third kappa shape index (κ3) is 7.04. The number of nitrogens with one attached hydrogen (secondary N) is 3. The van der Waals surface area contributed by atoms with Crippen molar-refractivity contribution in [1.29, 1.82) is 0 Å². The highest BCUT2D eigenvalue weighted by Gasteiger charge is 2.09. The van der Waals surface area contributed by atoms with Crippen LogP contribution in [0.25, 0.3) is 0 Å². The zero-order valence-corrected chi connectivity index (χ0v) is 13.7. The van der Waals surface area contributed by atoms with Crippen LogP contribution in [0.4, 0.5) is 15.8 Å². The van der Waals surface area contributed by atoms with E-state index in [-0.39, 0.29) is 30.3 Å². The molecule has 0 aliphatic heterocycles. The van der Waals surface area contributed by atoms with E-state index in [9.17, 15) is 18.8 Å². The van der Waals surface area contributed by atoms with Crippen LogP contribution < -0.4 is 16.0 Å². The topological polar surface area (TPSA) is 87.3 Å². The molecule has 1 rings (SSSR count). The summed E-state index contributed by atoms with van der Waals surface area (Å²) in [6, 6.07) is 3.86. The first-order valence-electron chi connectivity index (χ1n) is 7.75. The van der Waals surface area contributed by atoms with E-state index in [1.807, 2.05) is 6.92 Å². The van der Waals surface area contributed by atoms with Crippen molar-refractivity contribution in [2.24, 2.45) is 0 Å². The second kappa shape index (κ2) is 10.1. The van der Waals surface area contributed by atoms with E-state index in [0.29, 0.717) is 18.7 Å². The van der Waals surface area contributed by atoms with E-state index in [2.05, 4.69) is 22.5 Å². The van der Waals surface area contributed by atoms with Gasteiger partial charge in [0.1, 0.15) is 5.82 Å². The van der Waals surface area contributed by atoms with Crippen molar-refractivity contribution >= 4 is 29.1 Å². The fourth-order valence-corrected chi connectivity index (χ4v) is 1.87. The number of benzene rings is 1. The lowest BCUT2D eigenvalue weighted by atomic mass is 10.2. The van der Waals surface area contributed by atoms with E-state index >= 15 is 0 Å². The highest BCUT2D eigenvalue weighted by Crippen LogP contribution is 2.20. The lowest BCUT2D eigenvalue weighted by molar-refractivity contribution is -0.121. The molecule has 0 bridgehead atoms. The molecule has 0 fully saturated rings. The normalized spacial score (nSPS) is 9.92. The molecule has 130 valence electrons. The predicted octanol–water partition coefficient (Wildman–Crippen LogP) is 2.59. The van der Waals surface area contributed by atoms with E-state index in [1.54, 1.807) is 0 Å². The Bertz CT molecular complexity index is 617. The van der Waals surface area contributed by atoms with E-state index in [1.165, 1.54) is 12.1 Å². The Morgan fingerprint density at radius 1 is 1.17 bits per heavy atom. The first-order chi connectivity index (χ1) is 11.5. The van der Waals surface area contributed by atoms with Gasteiger partial charge in [-0.15, -0.1) is 0 Å². The largest absolute Gasteiger partial charge is 0.356 e. The molecule has 0 radical (unpaired) electrons. The molecular weight excluding hydrogens is 313 g/mol. The number of hydrogen-bond acceptors (Lipinski definition) is 3. The van der Waals surface area contributed by atoms with Crippen LogP contribution in [0.3, 0.4) is 0 Å². The molecule has 1 aromatic rings. The summed E-state index contributed by atoms with van der Waals surface area (Å²) in [6.45, 7) is 5.87. The summed E-state index contributed by atoms with van der Waals surface area (Å²) in [5.41, 5.74) is 0.313. The van der Waals surface area contributed by atoms with Crippen LogP contribution in [0.5, 0.6) is 0 Å². The number of rotatable bonds is 9. The standard InChI is InChI=1S/C17H22FN3O3/c1-3-10-19-16(23)6-5-7-17(24)20-12-8-9-13(18)14(11-12)21-15(22)4-2/h4,8-9,11H,2-3,5-7,10H2,1H3,(H,19,23)(H,20,24)(H,21,22). The summed E-state index contributed by atoms with van der Waals surface area (Å²) in [5.74, 6) is -1.53. The van der Waals surface area contributed by atoms with Crippen molar-refractivity contribution in [3.8, 4) is 0 Å². The summed E-state index contributed by atoms with van der Waals surface area (Å²) in [6.07, 6.45) is 2.75. The smallest absolute Gasteiger partial charge is 0.247 e. The van der Waals surface area contributed by atoms with Gasteiger partial charge < -0.3 is 16.0 Å². The fraction of sp³-hybridized carbons (Fsp3) is 0.353. The molecule has 3 N–H and O–H groups in total. The summed E-state index contributed by atoms with van der Waals surface area (Å²) in [5, 5.41) is 7.65. The van der Waals surface area contributed by atoms with E-state index in [0.717, 1.165) is 18.6 Å². The summed E-state index contributed by atoms with van der Waals surface area (Å²) in [7, 11) is 0. The second-order valence-electron chi connectivity index (χ2n) is 5.14. The summed E-state index contributed by atoms with van der Waals surface area (Å²) < 4.78 is 13.6. The van der Waals surface area contributed by atoms with Crippen LogP contribution >= 0.6 is 0 Å². The summed E-state index contributed by atoms with van der Waals surface area (Å²) in [4.78, 5) is 34.5. The molecule has 3 amide bonds. The number of halogens is 1. The van der Waals surface area contributed by atoms with Gasteiger partial charge in [0.25, 0.3) is 0 Å². The molecule has 0 aliphatic rings. The van der Waals surface area contributed by atoms with Gasteiger partial charge in [0.15, 0.2) is 0 Å². The number of carbonyl (C=O) groups is 3. The van der Waals surface area contributed by atoms with Gasteiger partial charge in [-0.05, 0) is 37.1 Å². The van der Waals surface area contributed by atoms with Crippen LogP contribution in [0, 0.1) is 5.82 Å². The molecule has 0 atom stereocenters. The van der Waals surface area contributed by atoms with Crippen molar-refractivity contribution in [3.05, 3.63) is 36.7 Å². The number of anilines is 2. The minimum atomic E-state index is -0.615. The van der Waals surface area contributed by atoms with Crippen LogP contribution in [0.1, 0.15) is 32.6 Å². The molecule has 0 heterocycles. The molecule has 0 aromatic heterocycles. The first kappa shape index (κ1) is 19.3. The van der Waals surface area contributed by atoms with Gasteiger partial charge in [-0.3, -0.25) is 14.4 Å². The molecule has 7 heteroatoms. The molecule has 0 saturated heterocycles. The number of hydrogen-bond donors (Lipinski definition) is 3. The number of carbonyl (C=O) groups excluding carboxylic acids is 3. The maximum absolute atomic E-state index is 13.6. The summed E-state index contributed by atoms with van der Waals surface area (Å²) >= 11 is 0. The van der Waals surface area contributed by atoms with Crippen LogP contribution in [-0.4, -0.2) is 24.3 Å². The molecule has 0 aliphatic carbocycles. The average molecular weight is 335 g/mol. The Labute approximate surface area is 140 Å². The minimum absolute atomic E-state index is 0.0448. The molecule has 0 saturated carbocycles. The van der Waals surface area contributed by atoms with Gasteiger partial charge in [0, 0.05) is 25.1 Å². The third-order valence-corrected chi connectivity index (χ3v) is 3.07. The van der Waals surface area contributed by atoms with Crippen LogP contribution in [-0.2, 0) is 14.4 Å². The molecule has 0 spiro atoms. The zero-order valence-electron chi connectivity index (χ0n) is 13.7. The lowest BCUT2D eigenvalue weighted by Crippen LogP contribution is -2.24. The predicted molar refractivity (Wildman–Crippen MR) is 91.0 cm³/mol. The number of amides is 3. The average Bonchev–Trinajstić information content (AvgIpc) is 2.55. The molecule has 0 unspecified atom stereocenters. The van der Waals surface area contributed by atoms with E-state index in [4.69, 9.17) is 0 Å². The Morgan fingerprint density at radius 2 is 1.88 bits per heavy atom. The van der Waals surface area contributed by atoms with Crippen molar-refractivity contribution in [2.75, 3.05) is 17.2 Å². The van der Waals surface area contributed by atoms with Gasteiger partial charge in [-0.1, -0.05) is 13.5 Å². The molecular formula is C17H22FN3O3. The molecule has 24 heavy (non-hydrogen) atoms. The second-order valence-corrected chi connectivity index (χ2v) is 5.14. The van der Waals surface area contributed by atoms with Gasteiger partial charge in [0.2, 0.25) is 17.7 Å². The van der Waals surface area contributed by atoms with Gasteiger partial charge in [-0.25, -0.2) is 4.39 Å². The first-order valence-corrected chi connectivity index (χ1v) is 7.75. The van der Waals surface area contributed by atoms with Crippen LogP contribution in [0.2, 0.25) is 0 Å². The molecule has 6 nitrogen and oxygen atoms in total. The maximum Gasteiger partial charge on any atom is 0.247 e. The highest BCUT2D eigenvalue weighted by molar-refractivity contribution is 5.99. The van der Waals surface area contributed by atoms with Gasteiger partial charge >= 0.3 is 0 Å². The molecule has 1 aromatic carbocycles. The maximum atomic E-state index is 13.6. The Hall–Kier alpha value is -2.70.